The van der Waals surface area contributed by atoms with Crippen LogP contribution in [-0.2, 0) is 0 Å². The van der Waals surface area contributed by atoms with E-state index in [9.17, 15) is 0 Å². The number of hydrogen-bond donors (Lipinski definition) is 0. The number of likely N-dealkylation sites (N-methyl/N-ethyl adjacent to an activating group) is 1. The molecule has 0 unspecified atom stereocenters. The van der Waals surface area contributed by atoms with Crippen LogP contribution in [0.5, 0.6) is 0 Å². The molecule has 0 aliphatic carbocycles. The largest absolute Gasteiger partial charge is 0.355 e. The third kappa shape index (κ3) is 1.84. The molecule has 1 aliphatic heterocycles. The minimum atomic E-state index is 0.109. The first-order valence-electron chi connectivity index (χ1n) is 5.96. The van der Waals surface area contributed by atoms with Gasteiger partial charge in [0.1, 0.15) is 11.4 Å². The summed E-state index contributed by atoms with van der Waals surface area (Å²) in [4.78, 5) is 6.88. The Kier molecular flexibility index (Phi) is 2.75. The van der Waals surface area contributed by atoms with Gasteiger partial charge in [-0.3, -0.25) is 4.99 Å². The number of rotatable bonds is 3. The van der Waals surface area contributed by atoms with Crippen LogP contribution in [0.1, 0.15) is 38.8 Å². The highest BCUT2D eigenvalue weighted by Gasteiger charge is 2.44. The zero-order chi connectivity index (χ0) is 11.8. The van der Waals surface area contributed by atoms with E-state index in [-0.39, 0.29) is 5.54 Å². The Hall–Kier alpha value is -1.31. The first-order chi connectivity index (χ1) is 7.58. The molecule has 0 fully saturated rings. The van der Waals surface area contributed by atoms with Crippen LogP contribution in [-0.4, -0.2) is 23.3 Å². The van der Waals surface area contributed by atoms with E-state index in [1.165, 1.54) is 11.4 Å². The molecule has 0 saturated carbocycles. The van der Waals surface area contributed by atoms with E-state index >= 15 is 0 Å². The Labute approximate surface area is 98.0 Å². The summed E-state index contributed by atoms with van der Waals surface area (Å²) in [7, 11) is 2.14. The summed E-state index contributed by atoms with van der Waals surface area (Å²) in [5.41, 5.74) is 1.45. The van der Waals surface area contributed by atoms with Crippen molar-refractivity contribution in [1.82, 2.24) is 4.90 Å². The van der Waals surface area contributed by atoms with Gasteiger partial charge in [-0.2, -0.15) is 0 Å². The van der Waals surface area contributed by atoms with Crippen LogP contribution in [0.2, 0.25) is 0 Å². The molecule has 0 radical (unpaired) electrons. The van der Waals surface area contributed by atoms with Gasteiger partial charge in [0, 0.05) is 7.05 Å². The Bertz CT molecular complexity index is 396. The van der Waals surface area contributed by atoms with Crippen LogP contribution >= 0.6 is 0 Å². The second kappa shape index (κ2) is 3.93. The zero-order valence-corrected chi connectivity index (χ0v) is 10.6. The van der Waals surface area contributed by atoms with Crippen LogP contribution < -0.4 is 0 Å². The lowest BCUT2D eigenvalue weighted by molar-refractivity contribution is 0.399. The first-order valence-corrected chi connectivity index (χ1v) is 5.96. The molecule has 0 spiro atoms. The fourth-order valence-corrected chi connectivity index (χ4v) is 2.04. The molecule has 2 atom stereocenters. The van der Waals surface area contributed by atoms with Crippen molar-refractivity contribution < 1.29 is 0 Å². The predicted octanol–water partition coefficient (Wildman–Crippen LogP) is 3.26. The van der Waals surface area contributed by atoms with Gasteiger partial charge in [-0.1, -0.05) is 37.3 Å². The molecule has 2 nitrogen and oxygen atoms in total. The minimum Gasteiger partial charge on any atom is -0.355 e. The second-order valence-corrected chi connectivity index (χ2v) is 4.76. The van der Waals surface area contributed by atoms with Crippen molar-refractivity contribution in [2.75, 3.05) is 7.05 Å². The maximum atomic E-state index is 4.59. The molecule has 16 heavy (non-hydrogen) atoms. The van der Waals surface area contributed by atoms with Gasteiger partial charge in [0.15, 0.2) is 0 Å². The molecule has 2 rings (SSSR count). The number of benzene rings is 1. The Balaban J connectivity index is 2.07. The molecule has 1 heterocycles. The highest BCUT2D eigenvalue weighted by Crippen LogP contribution is 2.35. The van der Waals surface area contributed by atoms with Gasteiger partial charge in [-0.05, 0) is 25.8 Å². The van der Waals surface area contributed by atoms with Crippen molar-refractivity contribution in [3.05, 3.63) is 35.9 Å². The Morgan fingerprint density at radius 1 is 1.31 bits per heavy atom. The summed E-state index contributed by atoms with van der Waals surface area (Å²) in [6.45, 7) is 6.63. The topological polar surface area (TPSA) is 15.6 Å². The van der Waals surface area contributed by atoms with Crippen molar-refractivity contribution in [2.24, 2.45) is 4.99 Å². The summed E-state index contributed by atoms with van der Waals surface area (Å²) in [6, 6.07) is 11.0. The van der Waals surface area contributed by atoms with E-state index in [0.717, 1.165) is 6.42 Å². The number of aliphatic imine (C=N–C) groups is 1. The van der Waals surface area contributed by atoms with Crippen molar-refractivity contribution in [3.8, 4) is 0 Å². The molecule has 0 amide bonds. The average molecular weight is 216 g/mol. The Morgan fingerprint density at radius 2 is 1.94 bits per heavy atom. The lowest BCUT2D eigenvalue weighted by Crippen LogP contribution is -2.31. The molecular formula is C14H20N2. The highest BCUT2D eigenvalue weighted by molar-refractivity contribution is 6.03. The third-order valence-electron chi connectivity index (χ3n) is 3.67. The van der Waals surface area contributed by atoms with Crippen molar-refractivity contribution in [3.63, 3.8) is 0 Å². The summed E-state index contributed by atoms with van der Waals surface area (Å²) < 4.78 is 0. The van der Waals surface area contributed by atoms with Gasteiger partial charge in [-0.25, -0.2) is 0 Å². The lowest BCUT2D eigenvalue weighted by Gasteiger charge is -2.25. The number of hydrogen-bond acceptors (Lipinski definition) is 2. The summed E-state index contributed by atoms with van der Waals surface area (Å²) in [5, 5.41) is 0. The van der Waals surface area contributed by atoms with Crippen LogP contribution in [0.25, 0.3) is 0 Å². The molecule has 2 heteroatoms. The van der Waals surface area contributed by atoms with E-state index < -0.39 is 0 Å². The molecule has 1 aliphatic rings. The van der Waals surface area contributed by atoms with Crippen molar-refractivity contribution in [1.29, 1.82) is 0 Å². The van der Waals surface area contributed by atoms with Gasteiger partial charge in [-0.15, -0.1) is 0 Å². The molecule has 1 aromatic rings. The summed E-state index contributed by atoms with van der Waals surface area (Å²) in [5.74, 6) is 1.24. The second-order valence-electron chi connectivity index (χ2n) is 4.76. The number of nitrogens with zero attached hydrogens (tertiary/aromatic N) is 2. The van der Waals surface area contributed by atoms with Gasteiger partial charge in [0.25, 0.3) is 0 Å². The van der Waals surface area contributed by atoms with E-state index in [2.05, 4.69) is 68.0 Å². The maximum Gasteiger partial charge on any atom is 0.128 e. The van der Waals surface area contributed by atoms with E-state index in [0.29, 0.717) is 6.04 Å². The van der Waals surface area contributed by atoms with E-state index in [4.69, 9.17) is 0 Å². The predicted molar refractivity (Wildman–Crippen MR) is 68.8 cm³/mol. The number of amidine groups is 1. The van der Waals surface area contributed by atoms with Gasteiger partial charge < -0.3 is 4.90 Å². The SMILES string of the molecule is CC[C@]1(C)N=C1N(C)[C@H](C)c1ccccc1. The lowest BCUT2D eigenvalue weighted by atomic mass is 10.0. The maximum absolute atomic E-state index is 4.59. The van der Waals surface area contributed by atoms with Crippen molar-refractivity contribution in [2.45, 2.75) is 38.8 Å². The van der Waals surface area contributed by atoms with Gasteiger partial charge in [0.05, 0.1) is 6.04 Å². The Morgan fingerprint density at radius 3 is 2.44 bits per heavy atom. The fraction of sp³-hybridized carbons (Fsp3) is 0.500. The third-order valence-corrected chi connectivity index (χ3v) is 3.67. The van der Waals surface area contributed by atoms with Crippen LogP contribution in [0.15, 0.2) is 35.3 Å². The summed E-state index contributed by atoms with van der Waals surface area (Å²) in [6.07, 6.45) is 1.09. The standard InChI is InChI=1S/C14H20N2/c1-5-14(3)13(15-14)16(4)11(2)12-9-7-6-8-10-12/h6-11H,5H2,1-4H3/t11-,14+/m1/s1. The zero-order valence-electron chi connectivity index (χ0n) is 10.6. The first kappa shape index (κ1) is 11.2. The van der Waals surface area contributed by atoms with E-state index in [1.54, 1.807) is 0 Å². The quantitative estimate of drug-likeness (QED) is 0.757. The fourth-order valence-electron chi connectivity index (χ4n) is 2.04. The molecule has 86 valence electrons. The highest BCUT2D eigenvalue weighted by atomic mass is 15.3. The monoisotopic (exact) mass is 216 g/mol. The van der Waals surface area contributed by atoms with Crippen LogP contribution in [0.4, 0.5) is 0 Å². The van der Waals surface area contributed by atoms with Crippen LogP contribution in [0, 0.1) is 0 Å². The molecule has 0 aromatic heterocycles. The average Bonchev–Trinajstić information content (AvgIpc) is 3.02. The summed E-state index contributed by atoms with van der Waals surface area (Å²) >= 11 is 0. The van der Waals surface area contributed by atoms with Gasteiger partial charge in [0.2, 0.25) is 0 Å². The molecular weight excluding hydrogens is 196 g/mol. The molecule has 0 saturated heterocycles. The molecule has 0 bridgehead atoms. The van der Waals surface area contributed by atoms with Gasteiger partial charge >= 0.3 is 0 Å². The van der Waals surface area contributed by atoms with Crippen LogP contribution in [0.3, 0.4) is 0 Å². The molecule has 1 aromatic carbocycles. The van der Waals surface area contributed by atoms with Crippen molar-refractivity contribution >= 4 is 5.84 Å². The molecule has 0 N–H and O–H groups in total. The van der Waals surface area contributed by atoms with E-state index in [1.807, 2.05) is 0 Å². The normalized spacial score (nSPS) is 24.9. The smallest absolute Gasteiger partial charge is 0.128 e. The minimum absolute atomic E-state index is 0.109.